The Morgan fingerprint density at radius 3 is 2.65 bits per heavy atom. The van der Waals surface area contributed by atoms with E-state index in [1.165, 1.54) is 12.1 Å². The zero-order valence-corrected chi connectivity index (χ0v) is 9.35. The molecule has 0 fully saturated rings. The predicted molar refractivity (Wildman–Crippen MR) is 54.8 cm³/mol. The molecule has 7 heteroatoms. The van der Waals surface area contributed by atoms with Gasteiger partial charge >= 0.3 is 0 Å². The molecule has 0 heterocycles. The SMILES string of the molecule is CCOCCOc1ccc(OB([O-])[O-])cc1F. The molecule has 0 N–H and O–H groups in total. The highest BCUT2D eigenvalue weighted by molar-refractivity contribution is 6.29. The molecule has 94 valence electrons. The van der Waals surface area contributed by atoms with Crippen LogP contribution in [0.3, 0.4) is 0 Å². The van der Waals surface area contributed by atoms with Gasteiger partial charge in [-0.2, -0.15) is 0 Å². The second kappa shape index (κ2) is 7.11. The molecule has 0 aliphatic carbocycles. The fourth-order valence-electron chi connectivity index (χ4n) is 1.14. The van der Waals surface area contributed by atoms with E-state index in [9.17, 15) is 14.4 Å². The second-order valence-corrected chi connectivity index (χ2v) is 3.04. The Morgan fingerprint density at radius 1 is 1.29 bits per heavy atom. The van der Waals surface area contributed by atoms with Gasteiger partial charge in [0.15, 0.2) is 11.6 Å². The first-order chi connectivity index (χ1) is 8.13. The molecule has 1 aromatic rings. The Labute approximate surface area is 98.9 Å². The van der Waals surface area contributed by atoms with Crippen LogP contribution in [0.5, 0.6) is 11.5 Å². The zero-order chi connectivity index (χ0) is 12.7. The average molecular weight is 242 g/mol. The minimum atomic E-state index is -2.47. The predicted octanol–water partition coefficient (Wildman–Crippen LogP) is -0.675. The van der Waals surface area contributed by atoms with Crippen molar-refractivity contribution in [3.63, 3.8) is 0 Å². The molecule has 0 amide bonds. The van der Waals surface area contributed by atoms with Crippen molar-refractivity contribution >= 4 is 7.32 Å². The summed E-state index contributed by atoms with van der Waals surface area (Å²) in [5, 5.41) is 20.4. The van der Waals surface area contributed by atoms with Crippen molar-refractivity contribution in [1.82, 2.24) is 0 Å². The minimum absolute atomic E-state index is 0.0189. The van der Waals surface area contributed by atoms with Crippen molar-refractivity contribution in [2.24, 2.45) is 0 Å². The monoisotopic (exact) mass is 242 g/mol. The van der Waals surface area contributed by atoms with Gasteiger partial charge in [-0.3, -0.25) is 0 Å². The molecule has 0 aromatic heterocycles. The number of hydrogen-bond acceptors (Lipinski definition) is 5. The lowest BCUT2D eigenvalue weighted by molar-refractivity contribution is -0.372. The summed E-state index contributed by atoms with van der Waals surface area (Å²) < 4.78 is 27.7. The summed E-state index contributed by atoms with van der Waals surface area (Å²) in [7, 11) is -2.47. The number of benzene rings is 1. The molecule has 0 spiro atoms. The molecule has 0 radical (unpaired) electrons. The van der Waals surface area contributed by atoms with Gasteiger partial charge in [-0.05, 0) is 19.1 Å². The third-order valence-electron chi connectivity index (χ3n) is 1.83. The van der Waals surface area contributed by atoms with Crippen LogP contribution in [0.15, 0.2) is 18.2 Å². The zero-order valence-electron chi connectivity index (χ0n) is 9.35. The van der Waals surface area contributed by atoms with Gasteiger partial charge < -0.3 is 24.2 Å². The lowest BCUT2D eigenvalue weighted by Gasteiger charge is -2.26. The quantitative estimate of drug-likeness (QED) is 0.468. The summed E-state index contributed by atoms with van der Waals surface area (Å²) in [5.74, 6) is -0.792. The van der Waals surface area contributed by atoms with Crippen LogP contribution in [0.25, 0.3) is 0 Å². The van der Waals surface area contributed by atoms with Crippen molar-refractivity contribution in [3.8, 4) is 11.5 Å². The molecule has 1 rings (SSSR count). The smallest absolute Gasteiger partial charge is 0.168 e. The lowest BCUT2D eigenvalue weighted by Crippen LogP contribution is -2.50. The number of hydrogen-bond donors (Lipinski definition) is 0. The van der Waals surface area contributed by atoms with Crippen LogP contribution < -0.4 is 19.4 Å². The highest BCUT2D eigenvalue weighted by Crippen LogP contribution is 2.22. The van der Waals surface area contributed by atoms with E-state index in [-0.39, 0.29) is 18.1 Å². The molecule has 1 aromatic carbocycles. The maximum atomic E-state index is 13.4. The Morgan fingerprint density at radius 2 is 2.06 bits per heavy atom. The van der Waals surface area contributed by atoms with Crippen molar-refractivity contribution in [2.45, 2.75) is 6.92 Å². The maximum absolute atomic E-state index is 13.4. The Bertz CT molecular complexity index is 347. The van der Waals surface area contributed by atoms with E-state index < -0.39 is 13.1 Å². The Balaban J connectivity index is 2.51. The average Bonchev–Trinajstić information content (AvgIpc) is 2.26. The van der Waals surface area contributed by atoms with Gasteiger partial charge in [-0.25, -0.2) is 4.39 Å². The molecule has 0 aliphatic heterocycles. The number of ether oxygens (including phenoxy) is 2. The number of halogens is 1. The van der Waals surface area contributed by atoms with E-state index in [1.54, 1.807) is 0 Å². The van der Waals surface area contributed by atoms with Crippen LogP contribution in [-0.4, -0.2) is 27.1 Å². The van der Waals surface area contributed by atoms with Crippen molar-refractivity contribution in [1.29, 1.82) is 0 Å². The summed E-state index contributed by atoms with van der Waals surface area (Å²) in [4.78, 5) is 0. The van der Waals surface area contributed by atoms with Gasteiger partial charge in [0, 0.05) is 12.7 Å². The highest BCUT2D eigenvalue weighted by Gasteiger charge is 2.04. The third kappa shape index (κ3) is 5.03. The van der Waals surface area contributed by atoms with Gasteiger partial charge in [-0.1, -0.05) is 0 Å². The van der Waals surface area contributed by atoms with E-state index in [1.807, 2.05) is 6.92 Å². The minimum Gasteiger partial charge on any atom is -0.860 e. The van der Waals surface area contributed by atoms with E-state index >= 15 is 0 Å². The Hall–Kier alpha value is -1.31. The molecule has 0 saturated heterocycles. The van der Waals surface area contributed by atoms with Gasteiger partial charge in [-0.15, -0.1) is 0 Å². The molecular formula is C10H12BFO5-2. The van der Waals surface area contributed by atoms with E-state index in [4.69, 9.17) is 9.47 Å². The van der Waals surface area contributed by atoms with Crippen molar-refractivity contribution < 1.29 is 28.6 Å². The number of rotatable bonds is 7. The standard InChI is InChI=1S/C10H12BFO5/c1-2-15-5-6-16-10-4-3-8(7-9(10)12)17-11(13)14/h3-4,7H,2,5-6H2,1H3/q-2. The summed E-state index contributed by atoms with van der Waals surface area (Å²) in [6, 6.07) is 3.51. The molecule has 17 heavy (non-hydrogen) atoms. The summed E-state index contributed by atoms with van der Waals surface area (Å²) in [6.45, 7) is 2.98. The van der Waals surface area contributed by atoms with Crippen LogP contribution in [0.2, 0.25) is 0 Å². The van der Waals surface area contributed by atoms with Gasteiger partial charge in [0.2, 0.25) is 0 Å². The third-order valence-corrected chi connectivity index (χ3v) is 1.83. The highest BCUT2D eigenvalue weighted by atomic mass is 19.1. The molecule has 0 bridgehead atoms. The summed E-state index contributed by atoms with van der Waals surface area (Å²) in [6.07, 6.45) is 0. The first-order valence-corrected chi connectivity index (χ1v) is 5.12. The van der Waals surface area contributed by atoms with Crippen molar-refractivity contribution in [3.05, 3.63) is 24.0 Å². The van der Waals surface area contributed by atoms with Gasteiger partial charge in [0.25, 0.3) is 0 Å². The fraction of sp³-hybridized carbons (Fsp3) is 0.400. The summed E-state index contributed by atoms with van der Waals surface area (Å²) >= 11 is 0. The lowest BCUT2D eigenvalue weighted by atomic mass is 10.2. The van der Waals surface area contributed by atoms with Gasteiger partial charge in [0.1, 0.15) is 13.9 Å². The van der Waals surface area contributed by atoms with Crippen molar-refractivity contribution in [2.75, 3.05) is 19.8 Å². The van der Waals surface area contributed by atoms with E-state index in [0.717, 1.165) is 6.07 Å². The molecule has 5 nitrogen and oxygen atoms in total. The summed E-state index contributed by atoms with van der Waals surface area (Å²) in [5.41, 5.74) is 0. The van der Waals surface area contributed by atoms with E-state index in [2.05, 4.69) is 4.65 Å². The molecule has 0 atom stereocenters. The maximum Gasteiger partial charge on any atom is 0.168 e. The topological polar surface area (TPSA) is 73.8 Å². The van der Waals surface area contributed by atoms with Crippen LogP contribution in [0.4, 0.5) is 4.39 Å². The van der Waals surface area contributed by atoms with Crippen LogP contribution in [0.1, 0.15) is 6.92 Å². The fourth-order valence-corrected chi connectivity index (χ4v) is 1.14. The Kier molecular flexibility index (Phi) is 5.75. The molecule has 0 saturated carbocycles. The molecular weight excluding hydrogens is 230 g/mol. The second-order valence-electron chi connectivity index (χ2n) is 3.04. The molecule has 0 aliphatic rings. The largest absolute Gasteiger partial charge is 0.860 e. The van der Waals surface area contributed by atoms with Crippen LogP contribution in [0, 0.1) is 5.82 Å². The normalized spacial score (nSPS) is 10.1. The first kappa shape index (κ1) is 13.8. The van der Waals surface area contributed by atoms with Crippen LogP contribution in [-0.2, 0) is 4.74 Å². The van der Waals surface area contributed by atoms with Gasteiger partial charge in [0.05, 0.1) is 12.4 Å². The van der Waals surface area contributed by atoms with E-state index in [0.29, 0.717) is 13.2 Å². The first-order valence-electron chi connectivity index (χ1n) is 5.12. The van der Waals surface area contributed by atoms with Crippen LogP contribution >= 0.6 is 0 Å². The molecule has 0 unspecified atom stereocenters.